The number of benzene rings is 1. The largest absolute Gasteiger partial charge is 0.483 e. The summed E-state index contributed by atoms with van der Waals surface area (Å²) in [6, 6.07) is 4.13. The second-order valence-corrected chi connectivity index (χ2v) is 6.63. The van der Waals surface area contributed by atoms with Gasteiger partial charge in [0, 0.05) is 13.6 Å². The third kappa shape index (κ3) is 5.05. The van der Waals surface area contributed by atoms with Crippen molar-refractivity contribution in [2.45, 2.75) is 34.6 Å². The Morgan fingerprint density at radius 3 is 2.24 bits per heavy atom. The quantitative estimate of drug-likeness (QED) is 0.876. The minimum atomic E-state index is -0.0832. The van der Waals surface area contributed by atoms with E-state index >= 15 is 0 Å². The first-order valence-corrected chi connectivity index (χ1v) is 7.31. The summed E-state index contributed by atoms with van der Waals surface area (Å²) in [4.78, 5) is 13.8. The topological polar surface area (TPSA) is 55.6 Å². The average Bonchev–Trinajstić information content (AvgIpc) is 2.36. The van der Waals surface area contributed by atoms with Crippen molar-refractivity contribution >= 4 is 5.91 Å². The molecule has 0 aromatic heterocycles. The van der Waals surface area contributed by atoms with E-state index in [1.807, 2.05) is 27.7 Å². The zero-order valence-electron chi connectivity index (χ0n) is 14.1. The van der Waals surface area contributed by atoms with Gasteiger partial charge in [-0.1, -0.05) is 31.5 Å². The minimum Gasteiger partial charge on any atom is -0.483 e. The molecule has 1 aromatic rings. The van der Waals surface area contributed by atoms with Crippen LogP contribution < -0.4 is 10.5 Å². The van der Waals surface area contributed by atoms with Gasteiger partial charge in [-0.2, -0.15) is 0 Å². The van der Waals surface area contributed by atoms with E-state index in [4.69, 9.17) is 10.5 Å². The smallest absolute Gasteiger partial charge is 0.260 e. The summed E-state index contributed by atoms with van der Waals surface area (Å²) in [6.07, 6.45) is 0. The molecular weight excluding hydrogens is 264 g/mol. The van der Waals surface area contributed by atoms with Crippen LogP contribution in [0.5, 0.6) is 5.75 Å². The van der Waals surface area contributed by atoms with Gasteiger partial charge in [-0.25, -0.2) is 0 Å². The number of hydrogen-bond acceptors (Lipinski definition) is 3. The summed E-state index contributed by atoms with van der Waals surface area (Å²) in [6.45, 7) is 11.4. The SMILES string of the molecule is Cc1cc(C)c(OCC(=O)N(C)CC(C)(C)CN)c(C)c1. The van der Waals surface area contributed by atoms with Gasteiger partial charge in [0.25, 0.3) is 5.91 Å². The van der Waals surface area contributed by atoms with Crippen molar-refractivity contribution in [3.63, 3.8) is 0 Å². The molecule has 0 fully saturated rings. The molecular formula is C17H28N2O2. The van der Waals surface area contributed by atoms with E-state index in [2.05, 4.69) is 19.1 Å². The molecule has 0 saturated heterocycles. The highest BCUT2D eigenvalue weighted by Crippen LogP contribution is 2.24. The fourth-order valence-corrected chi connectivity index (χ4v) is 2.43. The number of likely N-dealkylation sites (N-methyl/N-ethyl adjacent to an activating group) is 1. The molecule has 2 N–H and O–H groups in total. The summed E-state index contributed by atoms with van der Waals surface area (Å²) in [5.74, 6) is 0.774. The molecule has 0 aliphatic heterocycles. The number of ether oxygens (including phenoxy) is 1. The summed E-state index contributed by atoms with van der Waals surface area (Å²) in [7, 11) is 1.79. The van der Waals surface area contributed by atoms with Gasteiger partial charge in [-0.05, 0) is 43.9 Å². The lowest BCUT2D eigenvalue weighted by atomic mass is 9.93. The number of aryl methyl sites for hydroxylation is 3. The van der Waals surface area contributed by atoms with Crippen LogP contribution in [0.25, 0.3) is 0 Å². The first-order chi connectivity index (χ1) is 9.66. The van der Waals surface area contributed by atoms with Crippen molar-refractivity contribution in [3.8, 4) is 5.75 Å². The molecule has 1 rings (SSSR count). The van der Waals surface area contributed by atoms with E-state index < -0.39 is 0 Å². The molecule has 0 heterocycles. The van der Waals surface area contributed by atoms with Gasteiger partial charge in [0.2, 0.25) is 0 Å². The molecule has 0 aliphatic rings. The number of nitrogens with zero attached hydrogens (tertiary/aromatic N) is 1. The van der Waals surface area contributed by atoms with Crippen molar-refractivity contribution in [1.29, 1.82) is 0 Å². The first-order valence-electron chi connectivity index (χ1n) is 7.31. The maximum Gasteiger partial charge on any atom is 0.260 e. The van der Waals surface area contributed by atoms with Crippen molar-refractivity contribution in [3.05, 3.63) is 28.8 Å². The van der Waals surface area contributed by atoms with Gasteiger partial charge in [0.1, 0.15) is 5.75 Å². The molecule has 0 spiro atoms. The normalized spacial score (nSPS) is 11.4. The molecule has 1 aromatic carbocycles. The minimum absolute atomic E-state index is 0.0316. The van der Waals surface area contributed by atoms with Crippen molar-refractivity contribution in [2.75, 3.05) is 26.7 Å². The summed E-state index contributed by atoms with van der Waals surface area (Å²) < 4.78 is 5.73. The highest BCUT2D eigenvalue weighted by molar-refractivity contribution is 5.77. The Balaban J connectivity index is 2.65. The van der Waals surface area contributed by atoms with Crippen molar-refractivity contribution in [2.24, 2.45) is 11.1 Å². The maximum absolute atomic E-state index is 12.2. The molecule has 1 amide bonds. The van der Waals surface area contributed by atoms with Crippen LogP contribution >= 0.6 is 0 Å². The Bertz CT molecular complexity index is 487. The zero-order chi connectivity index (χ0) is 16.2. The van der Waals surface area contributed by atoms with Gasteiger partial charge < -0.3 is 15.4 Å². The van der Waals surface area contributed by atoms with Gasteiger partial charge in [-0.15, -0.1) is 0 Å². The van der Waals surface area contributed by atoms with Crippen molar-refractivity contribution < 1.29 is 9.53 Å². The van der Waals surface area contributed by atoms with Gasteiger partial charge in [0.15, 0.2) is 6.61 Å². The van der Waals surface area contributed by atoms with Crippen LogP contribution in [0.1, 0.15) is 30.5 Å². The number of amides is 1. The Hall–Kier alpha value is -1.55. The third-order valence-electron chi connectivity index (χ3n) is 3.59. The lowest BCUT2D eigenvalue weighted by molar-refractivity contribution is -0.133. The van der Waals surface area contributed by atoms with Gasteiger partial charge in [-0.3, -0.25) is 4.79 Å². The Morgan fingerprint density at radius 2 is 1.76 bits per heavy atom. The van der Waals surface area contributed by atoms with Crippen LogP contribution in [0, 0.1) is 26.2 Å². The second kappa shape index (κ2) is 6.94. The lowest BCUT2D eigenvalue weighted by Crippen LogP contribution is -2.41. The number of rotatable bonds is 6. The predicted molar refractivity (Wildman–Crippen MR) is 86.6 cm³/mol. The third-order valence-corrected chi connectivity index (χ3v) is 3.59. The fourth-order valence-electron chi connectivity index (χ4n) is 2.43. The highest BCUT2D eigenvalue weighted by Gasteiger charge is 2.21. The van der Waals surface area contributed by atoms with E-state index in [1.165, 1.54) is 5.56 Å². The Labute approximate surface area is 128 Å². The predicted octanol–water partition coefficient (Wildman–Crippen LogP) is 2.43. The summed E-state index contributed by atoms with van der Waals surface area (Å²) >= 11 is 0. The fraction of sp³-hybridized carbons (Fsp3) is 0.588. The van der Waals surface area contributed by atoms with E-state index in [0.29, 0.717) is 13.1 Å². The number of carbonyl (C=O) groups is 1. The maximum atomic E-state index is 12.2. The second-order valence-electron chi connectivity index (χ2n) is 6.63. The highest BCUT2D eigenvalue weighted by atomic mass is 16.5. The van der Waals surface area contributed by atoms with Gasteiger partial charge in [0.05, 0.1) is 0 Å². The van der Waals surface area contributed by atoms with Crippen LogP contribution in [0.3, 0.4) is 0 Å². The van der Waals surface area contributed by atoms with E-state index in [-0.39, 0.29) is 17.9 Å². The van der Waals surface area contributed by atoms with Crippen LogP contribution in [0.15, 0.2) is 12.1 Å². The molecule has 21 heavy (non-hydrogen) atoms. The molecule has 0 unspecified atom stereocenters. The summed E-state index contributed by atoms with van der Waals surface area (Å²) in [5.41, 5.74) is 8.94. The molecule has 118 valence electrons. The molecule has 4 heteroatoms. The zero-order valence-corrected chi connectivity index (χ0v) is 14.1. The standard InChI is InChI=1S/C17H28N2O2/c1-12-7-13(2)16(14(3)8-12)21-9-15(20)19(6)11-17(4,5)10-18/h7-8H,9-11,18H2,1-6H3. The van der Waals surface area contributed by atoms with E-state index in [1.54, 1.807) is 11.9 Å². The summed E-state index contributed by atoms with van der Waals surface area (Å²) in [5, 5.41) is 0. The lowest BCUT2D eigenvalue weighted by Gasteiger charge is -2.29. The first kappa shape index (κ1) is 17.5. The van der Waals surface area contributed by atoms with Gasteiger partial charge >= 0.3 is 0 Å². The van der Waals surface area contributed by atoms with Crippen LogP contribution in [0.4, 0.5) is 0 Å². The average molecular weight is 292 g/mol. The van der Waals surface area contributed by atoms with E-state index in [9.17, 15) is 4.79 Å². The van der Waals surface area contributed by atoms with Crippen LogP contribution in [-0.2, 0) is 4.79 Å². The molecule has 0 atom stereocenters. The molecule has 0 bridgehead atoms. The van der Waals surface area contributed by atoms with E-state index in [0.717, 1.165) is 16.9 Å². The van der Waals surface area contributed by atoms with Crippen molar-refractivity contribution in [1.82, 2.24) is 4.90 Å². The molecule has 0 radical (unpaired) electrons. The Kier molecular flexibility index (Phi) is 5.78. The van der Waals surface area contributed by atoms with Crippen LogP contribution in [-0.4, -0.2) is 37.6 Å². The Morgan fingerprint density at radius 1 is 1.24 bits per heavy atom. The molecule has 0 saturated carbocycles. The van der Waals surface area contributed by atoms with Crippen LogP contribution in [0.2, 0.25) is 0 Å². The number of nitrogens with two attached hydrogens (primary N) is 1. The number of carbonyl (C=O) groups excluding carboxylic acids is 1. The monoisotopic (exact) mass is 292 g/mol. The molecule has 0 aliphatic carbocycles. The molecule has 4 nitrogen and oxygen atoms in total. The number of hydrogen-bond donors (Lipinski definition) is 1.